The van der Waals surface area contributed by atoms with E-state index < -0.39 is 17.6 Å². The number of nitrogens with zero attached hydrogens (tertiary/aromatic N) is 3. The van der Waals surface area contributed by atoms with Crippen LogP contribution in [0.15, 0.2) is 11.5 Å². The van der Waals surface area contributed by atoms with Crippen molar-refractivity contribution in [3.8, 4) is 0 Å². The molecule has 0 spiro atoms. The van der Waals surface area contributed by atoms with Crippen molar-refractivity contribution < 1.29 is 31.4 Å². The maximum atomic E-state index is 12.4. The van der Waals surface area contributed by atoms with Crippen LogP contribution in [0, 0.1) is 0 Å². The summed E-state index contributed by atoms with van der Waals surface area (Å²) >= 11 is 1.47. The van der Waals surface area contributed by atoms with Gasteiger partial charge in [-0.15, -0.1) is 5.10 Å². The molecule has 0 unspecified atom stereocenters. The molecular weight excluding hydrogens is 472 g/mol. The number of carbonyl (C=O) groups excluding carboxylic acids is 1. The summed E-state index contributed by atoms with van der Waals surface area (Å²) in [5, 5.41) is 7.61. The van der Waals surface area contributed by atoms with Crippen LogP contribution in [-0.4, -0.2) is 91.9 Å². The number of rotatable bonds is 18. The number of hydrogen-bond donors (Lipinski definition) is 1. The fourth-order valence-corrected chi connectivity index (χ4v) is 8.33. The summed E-state index contributed by atoms with van der Waals surface area (Å²) in [6, 6.07) is 1.00. The second kappa shape index (κ2) is 15.9. The quantitative estimate of drug-likeness (QED) is 0.179. The predicted molar refractivity (Wildman–Crippen MR) is 126 cm³/mol. The van der Waals surface area contributed by atoms with E-state index in [1.54, 1.807) is 21.3 Å². The van der Waals surface area contributed by atoms with Gasteiger partial charge in [0.2, 0.25) is 5.16 Å². The van der Waals surface area contributed by atoms with Crippen LogP contribution < -0.4 is 5.32 Å². The Labute approximate surface area is 197 Å². The molecule has 1 aromatic rings. The van der Waals surface area contributed by atoms with Gasteiger partial charge in [0.25, 0.3) is 0 Å². The number of carbonyl (C=O) groups is 1. The lowest BCUT2D eigenvalue weighted by Gasteiger charge is -2.28. The van der Waals surface area contributed by atoms with Gasteiger partial charge in [-0.25, -0.2) is 9.78 Å². The summed E-state index contributed by atoms with van der Waals surface area (Å²) in [5.74, 6) is 0.759. The molecule has 1 aromatic heterocycles. The van der Waals surface area contributed by atoms with Gasteiger partial charge in [0, 0.05) is 65.5 Å². The van der Waals surface area contributed by atoms with Crippen molar-refractivity contribution >= 4 is 35.4 Å². The smallest absolute Gasteiger partial charge is 0.377 e. The lowest BCUT2D eigenvalue weighted by molar-refractivity contribution is 0.0708. The molecule has 11 nitrogen and oxygen atoms in total. The maximum Gasteiger partial charge on any atom is 0.500 e. The van der Waals surface area contributed by atoms with Crippen LogP contribution in [0.2, 0.25) is 12.1 Å². The van der Waals surface area contributed by atoms with E-state index >= 15 is 0 Å². The van der Waals surface area contributed by atoms with Crippen LogP contribution in [0.1, 0.15) is 33.6 Å². The van der Waals surface area contributed by atoms with Gasteiger partial charge in [0.1, 0.15) is 6.33 Å². The first-order valence-corrected chi connectivity index (χ1v) is 15.7. The van der Waals surface area contributed by atoms with Gasteiger partial charge >= 0.3 is 23.6 Å². The molecule has 0 fully saturated rings. The molecule has 0 aliphatic carbocycles. The van der Waals surface area contributed by atoms with Crippen LogP contribution in [-0.2, 0) is 26.6 Å². The summed E-state index contributed by atoms with van der Waals surface area (Å²) in [5.41, 5.74) is 0. The minimum absolute atomic E-state index is 0.328. The van der Waals surface area contributed by atoms with Gasteiger partial charge < -0.3 is 31.9 Å². The Morgan fingerprint density at radius 3 is 2.06 bits per heavy atom. The fourth-order valence-electron chi connectivity index (χ4n) is 3.00. The first-order valence-electron chi connectivity index (χ1n) is 10.8. The first kappa shape index (κ1) is 29.2. The van der Waals surface area contributed by atoms with E-state index in [-0.39, 0.29) is 6.03 Å². The van der Waals surface area contributed by atoms with E-state index in [0.717, 1.165) is 12.2 Å². The van der Waals surface area contributed by atoms with Gasteiger partial charge in [-0.3, -0.25) is 0 Å². The highest BCUT2D eigenvalue weighted by Crippen LogP contribution is 2.20. The number of amides is 1. The van der Waals surface area contributed by atoms with Gasteiger partial charge in [0.15, 0.2) is 0 Å². The Morgan fingerprint density at radius 2 is 1.53 bits per heavy atom. The Morgan fingerprint density at radius 1 is 0.969 bits per heavy atom. The van der Waals surface area contributed by atoms with Crippen molar-refractivity contribution in [2.75, 3.05) is 53.4 Å². The first-order chi connectivity index (χ1) is 15.4. The number of aromatic nitrogens is 3. The molecule has 0 saturated heterocycles. The SMILES string of the molecule is CCO[Si](CCCNC(=O)n1cnc(SCCC[Si](OC)(OC)OC)n1)(OCC)OCC. The van der Waals surface area contributed by atoms with E-state index in [9.17, 15) is 4.79 Å². The molecule has 1 N–H and O–H groups in total. The Balaban J connectivity index is 2.42. The van der Waals surface area contributed by atoms with Crippen molar-refractivity contribution in [1.29, 1.82) is 0 Å². The Hall–Kier alpha value is -0.846. The van der Waals surface area contributed by atoms with Crippen molar-refractivity contribution in [1.82, 2.24) is 20.1 Å². The van der Waals surface area contributed by atoms with E-state index in [4.69, 9.17) is 26.6 Å². The molecule has 0 radical (unpaired) electrons. The summed E-state index contributed by atoms with van der Waals surface area (Å²) in [6.45, 7) is 7.82. The fraction of sp³-hybridized carbons (Fsp3) is 0.833. The normalized spacial score (nSPS) is 12.3. The van der Waals surface area contributed by atoms with E-state index in [2.05, 4.69) is 15.4 Å². The molecule has 0 aliphatic rings. The van der Waals surface area contributed by atoms with Crippen LogP contribution in [0.5, 0.6) is 0 Å². The monoisotopic (exact) mass is 510 g/mol. The van der Waals surface area contributed by atoms with Crippen LogP contribution in [0.4, 0.5) is 4.79 Å². The molecule has 0 aliphatic heterocycles. The lowest BCUT2D eigenvalue weighted by Crippen LogP contribution is -2.46. The average Bonchev–Trinajstić information content (AvgIpc) is 3.27. The third kappa shape index (κ3) is 9.56. The van der Waals surface area contributed by atoms with Gasteiger partial charge in [-0.05, 0) is 33.6 Å². The molecule has 1 heterocycles. The zero-order valence-electron chi connectivity index (χ0n) is 20.0. The minimum Gasteiger partial charge on any atom is -0.377 e. The molecule has 1 rings (SSSR count). The molecule has 0 aromatic carbocycles. The average molecular weight is 511 g/mol. The maximum absolute atomic E-state index is 12.4. The zero-order chi connectivity index (χ0) is 23.9. The second-order valence-corrected chi connectivity index (χ2v) is 13.4. The Bertz CT molecular complexity index is 627. The van der Waals surface area contributed by atoms with E-state index in [0.29, 0.717) is 50.0 Å². The minimum atomic E-state index is -2.70. The van der Waals surface area contributed by atoms with Crippen molar-refractivity contribution in [3.63, 3.8) is 0 Å². The predicted octanol–water partition coefficient (Wildman–Crippen LogP) is 2.63. The van der Waals surface area contributed by atoms with Gasteiger partial charge in [-0.2, -0.15) is 4.68 Å². The van der Waals surface area contributed by atoms with E-state index in [1.165, 1.54) is 22.8 Å². The summed E-state index contributed by atoms with van der Waals surface area (Å²) in [7, 11) is -0.467. The largest absolute Gasteiger partial charge is 0.500 e. The third-order valence-electron chi connectivity index (χ3n) is 4.50. The molecule has 14 heteroatoms. The molecule has 0 saturated carbocycles. The van der Waals surface area contributed by atoms with Gasteiger partial charge in [-0.1, -0.05) is 11.8 Å². The van der Waals surface area contributed by atoms with Crippen LogP contribution in [0.25, 0.3) is 0 Å². The zero-order valence-corrected chi connectivity index (χ0v) is 22.9. The molecular formula is C18H38N4O7SSi2. The number of nitrogens with one attached hydrogen (secondary N) is 1. The standard InChI is InChI=1S/C18H38N4O7SSi2/c1-7-27-32(28-8-2,29-9-3)14-10-12-19-18(23)22-16-20-17(21-22)30-13-11-15-31(24-4,25-5)26-6/h16H,7-15H2,1-6H3,(H,19,23). The molecule has 1 amide bonds. The second-order valence-electron chi connectivity index (χ2n) is 6.54. The number of hydrogen-bond acceptors (Lipinski definition) is 10. The molecule has 186 valence electrons. The summed E-state index contributed by atoms with van der Waals surface area (Å²) in [6.07, 6.45) is 2.91. The van der Waals surface area contributed by atoms with Crippen LogP contribution in [0.3, 0.4) is 0 Å². The van der Waals surface area contributed by atoms with Crippen molar-refractivity contribution in [3.05, 3.63) is 6.33 Å². The van der Waals surface area contributed by atoms with Crippen molar-refractivity contribution in [2.45, 2.75) is 50.9 Å². The lowest BCUT2D eigenvalue weighted by atomic mass is 10.5. The van der Waals surface area contributed by atoms with Gasteiger partial charge in [0.05, 0.1) is 0 Å². The highest BCUT2D eigenvalue weighted by atomic mass is 32.2. The molecule has 0 atom stereocenters. The topological polar surface area (TPSA) is 115 Å². The molecule has 0 bridgehead atoms. The highest BCUT2D eigenvalue weighted by Gasteiger charge is 2.39. The number of thioether (sulfide) groups is 1. The Kier molecular flexibility index (Phi) is 14.5. The summed E-state index contributed by atoms with van der Waals surface area (Å²) < 4.78 is 34.9. The summed E-state index contributed by atoms with van der Waals surface area (Å²) in [4.78, 5) is 16.5. The van der Waals surface area contributed by atoms with Crippen molar-refractivity contribution in [2.24, 2.45) is 0 Å². The van der Waals surface area contributed by atoms with E-state index in [1.807, 2.05) is 20.8 Å². The third-order valence-corrected chi connectivity index (χ3v) is 11.4. The molecule has 32 heavy (non-hydrogen) atoms. The van der Waals surface area contributed by atoms with Crippen LogP contribution >= 0.6 is 11.8 Å². The highest BCUT2D eigenvalue weighted by molar-refractivity contribution is 7.99.